The van der Waals surface area contributed by atoms with Crippen LogP contribution in [0.2, 0.25) is 0 Å². The summed E-state index contributed by atoms with van der Waals surface area (Å²) in [5.74, 6) is -0.370. The van der Waals surface area contributed by atoms with E-state index in [9.17, 15) is 13.2 Å². The zero-order valence-electron chi connectivity index (χ0n) is 6.82. The molecule has 0 aliphatic heterocycles. The second kappa shape index (κ2) is 5.51. The Morgan fingerprint density at radius 3 is 2.00 bits per heavy atom. The molecular formula is C7H6BF3O3. The van der Waals surface area contributed by atoms with Crippen LogP contribution in [-0.2, 0) is 0 Å². The fourth-order valence-electron chi connectivity index (χ4n) is 0.698. The zero-order chi connectivity index (χ0) is 9.19. The van der Waals surface area contributed by atoms with Gasteiger partial charge < -0.3 is 11.0 Å². The van der Waals surface area contributed by atoms with Gasteiger partial charge in [-0.05, 0) is 0 Å². The molecule has 76 valence electrons. The van der Waals surface area contributed by atoms with Gasteiger partial charge in [-0.25, -0.2) is 0 Å². The van der Waals surface area contributed by atoms with Crippen molar-refractivity contribution in [1.82, 2.24) is 0 Å². The Morgan fingerprint density at radius 1 is 1.07 bits per heavy atom. The first-order chi connectivity index (χ1) is 5.49. The van der Waals surface area contributed by atoms with Crippen molar-refractivity contribution in [3.8, 4) is 5.75 Å². The van der Waals surface area contributed by atoms with Crippen molar-refractivity contribution in [1.29, 1.82) is 0 Å². The molecule has 0 heterocycles. The summed E-state index contributed by atoms with van der Waals surface area (Å²) < 4.78 is 38.5. The number of hydrogen-bond acceptors (Lipinski definition) is 3. The molecule has 0 fully saturated rings. The second-order valence-electron chi connectivity index (χ2n) is 2.09. The SMILES string of the molecule is [B+2]c1ccccc1OC(F)(F)F.[OH-].[OH-]. The molecule has 0 radical (unpaired) electrons. The fourth-order valence-corrected chi connectivity index (χ4v) is 0.698. The van der Waals surface area contributed by atoms with Gasteiger partial charge in [0, 0.05) is 0 Å². The Hall–Kier alpha value is -1.21. The number of halogens is 3. The molecule has 0 saturated carbocycles. The maximum atomic E-state index is 11.6. The second-order valence-corrected chi connectivity index (χ2v) is 2.09. The molecule has 0 aromatic heterocycles. The van der Waals surface area contributed by atoms with Gasteiger partial charge in [-0.2, -0.15) is 0 Å². The third kappa shape index (κ3) is 4.73. The van der Waals surface area contributed by atoms with Gasteiger partial charge >= 0.3 is 67.6 Å². The van der Waals surface area contributed by atoms with Crippen molar-refractivity contribution in [2.75, 3.05) is 0 Å². The number of para-hydroxylation sites is 1. The van der Waals surface area contributed by atoms with Crippen LogP contribution in [0.25, 0.3) is 0 Å². The Labute approximate surface area is 79.5 Å². The molecule has 3 nitrogen and oxygen atoms in total. The topological polar surface area (TPSA) is 69.2 Å². The zero-order valence-corrected chi connectivity index (χ0v) is 6.82. The van der Waals surface area contributed by atoms with Crippen molar-refractivity contribution in [2.45, 2.75) is 6.36 Å². The molecule has 1 aromatic carbocycles. The van der Waals surface area contributed by atoms with E-state index in [2.05, 4.69) is 4.74 Å². The van der Waals surface area contributed by atoms with Crippen molar-refractivity contribution in [2.24, 2.45) is 0 Å². The molecule has 1 aromatic rings. The molecule has 14 heavy (non-hydrogen) atoms. The van der Waals surface area contributed by atoms with Crippen LogP contribution in [0, 0.1) is 0 Å². The van der Waals surface area contributed by atoms with Crippen LogP contribution < -0.4 is 10.2 Å². The minimum absolute atomic E-state index is 0. The maximum absolute atomic E-state index is 11.6. The number of benzene rings is 1. The van der Waals surface area contributed by atoms with E-state index in [1.54, 1.807) is 0 Å². The monoisotopic (exact) mass is 206 g/mol. The summed E-state index contributed by atoms with van der Waals surface area (Å²) in [4.78, 5) is 0. The molecule has 0 unspecified atom stereocenters. The van der Waals surface area contributed by atoms with Crippen LogP contribution in [0.3, 0.4) is 0 Å². The molecule has 0 aliphatic rings. The van der Waals surface area contributed by atoms with E-state index in [4.69, 9.17) is 7.85 Å². The van der Waals surface area contributed by atoms with Crippen LogP contribution in [0.1, 0.15) is 0 Å². The van der Waals surface area contributed by atoms with Crippen molar-refractivity contribution < 1.29 is 28.9 Å². The van der Waals surface area contributed by atoms with Gasteiger partial charge in [-0.1, -0.05) is 0 Å². The van der Waals surface area contributed by atoms with E-state index < -0.39 is 6.36 Å². The average Bonchev–Trinajstić information content (AvgIpc) is 1.91. The van der Waals surface area contributed by atoms with E-state index in [0.717, 1.165) is 6.07 Å². The number of ether oxygens (including phenoxy) is 1. The molecular weight excluding hydrogens is 200 g/mol. The summed E-state index contributed by atoms with van der Waals surface area (Å²) in [6, 6.07) is 5.43. The molecule has 0 spiro atoms. The van der Waals surface area contributed by atoms with Gasteiger partial charge in [-0.3, -0.25) is 0 Å². The molecule has 0 aliphatic carbocycles. The first-order valence-electron chi connectivity index (χ1n) is 3.09. The van der Waals surface area contributed by atoms with Crippen molar-refractivity contribution in [3.05, 3.63) is 24.3 Å². The Morgan fingerprint density at radius 2 is 1.57 bits per heavy atom. The standard InChI is InChI=1S/C7H4BF3O.2H2O/c8-5-3-1-2-4-6(5)12-7(9,10)11;;/h1-4H;2*1H2/q+2;;/p-2. The third-order valence-corrected chi connectivity index (χ3v) is 1.14. The first-order valence-corrected chi connectivity index (χ1v) is 3.09. The van der Waals surface area contributed by atoms with E-state index in [0.29, 0.717) is 0 Å². The minimum atomic E-state index is -4.69. The number of rotatable bonds is 1. The minimum Gasteiger partial charge on any atom is -0.870 e. The summed E-state index contributed by atoms with van der Waals surface area (Å²) in [5.41, 5.74) is -0.0326. The molecule has 0 saturated heterocycles. The van der Waals surface area contributed by atoms with Crippen LogP contribution in [0.5, 0.6) is 5.75 Å². The summed E-state index contributed by atoms with van der Waals surface area (Å²) in [5, 5.41) is 0. The van der Waals surface area contributed by atoms with Crippen molar-refractivity contribution in [3.63, 3.8) is 0 Å². The van der Waals surface area contributed by atoms with E-state index in [1.165, 1.54) is 18.2 Å². The van der Waals surface area contributed by atoms with Crippen LogP contribution in [-0.4, -0.2) is 25.2 Å². The molecule has 7 heteroatoms. The first kappa shape index (κ1) is 15.3. The van der Waals surface area contributed by atoms with Crippen molar-refractivity contribution >= 4 is 13.3 Å². The van der Waals surface area contributed by atoms with E-state index in [-0.39, 0.29) is 22.2 Å². The average molecular weight is 206 g/mol. The van der Waals surface area contributed by atoms with Gasteiger partial charge in [0.15, 0.2) is 0 Å². The predicted octanol–water partition coefficient (Wildman–Crippen LogP) is 1.03. The predicted molar refractivity (Wildman–Crippen MR) is 42.4 cm³/mol. The molecule has 0 amide bonds. The van der Waals surface area contributed by atoms with Gasteiger partial charge in [0.2, 0.25) is 0 Å². The molecule has 0 bridgehead atoms. The summed E-state index contributed by atoms with van der Waals surface area (Å²) >= 11 is 0. The molecule has 2 N–H and O–H groups in total. The van der Waals surface area contributed by atoms with Crippen LogP contribution >= 0.6 is 0 Å². The van der Waals surface area contributed by atoms with Gasteiger partial charge in [0.1, 0.15) is 0 Å². The van der Waals surface area contributed by atoms with E-state index in [1.807, 2.05) is 0 Å². The van der Waals surface area contributed by atoms with Crippen LogP contribution in [0.15, 0.2) is 24.3 Å². The summed E-state index contributed by atoms with van der Waals surface area (Å²) in [7, 11) is 5.20. The van der Waals surface area contributed by atoms with Gasteiger partial charge in [0.05, 0.1) is 0 Å². The fraction of sp³-hybridized carbons (Fsp3) is 0.143. The summed E-state index contributed by atoms with van der Waals surface area (Å²) in [6.45, 7) is 0. The smallest absolute Gasteiger partial charge is 0.870 e. The molecule has 0 atom stereocenters. The molecule has 1 rings (SSSR count). The van der Waals surface area contributed by atoms with E-state index >= 15 is 0 Å². The Bertz CT molecular complexity index is 277. The van der Waals surface area contributed by atoms with Gasteiger partial charge in [-0.15, -0.1) is 0 Å². The van der Waals surface area contributed by atoms with Gasteiger partial charge in [0.25, 0.3) is 0 Å². The third-order valence-electron chi connectivity index (χ3n) is 1.14. The maximum Gasteiger partial charge on any atom is -0.870 e. The Balaban J connectivity index is 0. The summed E-state index contributed by atoms with van der Waals surface area (Å²) in [6.07, 6.45) is -4.69. The largest absolute Gasteiger partial charge is 0.870 e. The normalized spacial score (nSPS) is 9.79. The quantitative estimate of drug-likeness (QED) is 0.644. The van der Waals surface area contributed by atoms with Crippen LogP contribution in [0.4, 0.5) is 13.2 Å². The Kier molecular flexibility index (Phi) is 6.01. The number of hydrogen-bond donors (Lipinski definition) is 0. The number of alkyl halides is 3.